The zero-order chi connectivity index (χ0) is 20.8. The van der Waals surface area contributed by atoms with Gasteiger partial charge in [-0.1, -0.05) is 44.2 Å². The molecule has 0 spiro atoms. The van der Waals surface area contributed by atoms with Gasteiger partial charge in [0.05, 0.1) is 5.52 Å². The molecule has 154 valence electrons. The summed E-state index contributed by atoms with van der Waals surface area (Å²) in [5, 5.41) is 9.14. The minimum absolute atomic E-state index is 0.734. The second-order valence-corrected chi connectivity index (χ2v) is 8.28. The molecule has 2 heterocycles. The highest BCUT2D eigenvalue weighted by Crippen LogP contribution is 2.27. The Kier molecular flexibility index (Phi) is 6.72. The van der Waals surface area contributed by atoms with E-state index in [-0.39, 0.29) is 0 Å². The first-order valence-electron chi connectivity index (χ1n) is 10.6. The van der Waals surface area contributed by atoms with Crippen LogP contribution >= 0.6 is 11.3 Å². The second kappa shape index (κ2) is 9.83. The Bertz CT molecular complexity index is 1130. The van der Waals surface area contributed by atoms with Crippen molar-refractivity contribution in [2.24, 2.45) is 0 Å². The van der Waals surface area contributed by atoms with Gasteiger partial charge in [-0.2, -0.15) is 0 Å². The van der Waals surface area contributed by atoms with Gasteiger partial charge in [0, 0.05) is 16.8 Å². The van der Waals surface area contributed by atoms with Crippen LogP contribution in [0.4, 0.5) is 5.82 Å². The Morgan fingerprint density at radius 2 is 1.77 bits per heavy atom. The van der Waals surface area contributed by atoms with Crippen LogP contribution in [-0.4, -0.2) is 41.0 Å². The van der Waals surface area contributed by atoms with Crippen LogP contribution in [0.3, 0.4) is 0 Å². The lowest BCUT2D eigenvalue weighted by molar-refractivity contribution is 0.303. The van der Waals surface area contributed by atoms with E-state index in [1.165, 1.54) is 15.6 Å². The van der Waals surface area contributed by atoms with Gasteiger partial charge in [-0.25, -0.2) is 9.97 Å². The van der Waals surface area contributed by atoms with Crippen molar-refractivity contribution in [2.75, 3.05) is 31.5 Å². The summed E-state index contributed by atoms with van der Waals surface area (Å²) in [5.41, 5.74) is 0.973. The minimum atomic E-state index is 0.734. The summed E-state index contributed by atoms with van der Waals surface area (Å²) in [5.74, 6) is 1.65. The van der Waals surface area contributed by atoms with E-state index in [0.717, 1.165) is 55.1 Å². The first kappa shape index (κ1) is 20.5. The monoisotopic (exact) mass is 416 g/mol. The average molecular weight is 417 g/mol. The van der Waals surface area contributed by atoms with Gasteiger partial charge >= 0.3 is 0 Å². The maximum Gasteiger partial charge on any atom is 0.155 e. The zero-order valence-corrected chi connectivity index (χ0v) is 18.5. The van der Waals surface area contributed by atoms with E-state index in [4.69, 9.17) is 9.97 Å². The molecule has 0 atom stereocenters. The molecule has 0 bridgehead atoms. The van der Waals surface area contributed by atoms with Gasteiger partial charge in [-0.05, 0) is 72.6 Å². The van der Waals surface area contributed by atoms with E-state index in [0.29, 0.717) is 0 Å². The van der Waals surface area contributed by atoms with E-state index in [1.54, 1.807) is 11.3 Å². The van der Waals surface area contributed by atoms with Crippen molar-refractivity contribution < 1.29 is 0 Å². The molecule has 1 N–H and O–H groups in total. The number of rotatable bonds is 9. The highest BCUT2D eigenvalue weighted by atomic mass is 32.1. The van der Waals surface area contributed by atoms with Gasteiger partial charge in [-0.3, -0.25) is 0 Å². The van der Waals surface area contributed by atoms with E-state index >= 15 is 0 Å². The highest BCUT2D eigenvalue weighted by molar-refractivity contribution is 7.10. The van der Waals surface area contributed by atoms with Crippen LogP contribution in [0.2, 0.25) is 0 Å². The van der Waals surface area contributed by atoms with E-state index in [2.05, 4.69) is 84.1 Å². The van der Waals surface area contributed by atoms with Gasteiger partial charge in [-0.15, -0.1) is 11.3 Å². The molecular weight excluding hydrogens is 388 g/mol. The van der Waals surface area contributed by atoms with Crippen molar-refractivity contribution in [1.29, 1.82) is 0 Å². The number of thiophene rings is 1. The number of hydrogen-bond donors (Lipinski definition) is 1. The lowest BCUT2D eigenvalue weighted by atomic mass is 10.1. The number of fused-ring (bicyclic) bond motifs is 2. The van der Waals surface area contributed by atoms with Gasteiger partial charge in [0.25, 0.3) is 0 Å². The standard InChI is InChI=1S/C25H28N4S/c1-3-29(4-2)15-8-14-26-25-22-17-19-9-5-6-10-20(19)18-23(22)27-24(28-25)13-12-21-11-7-16-30-21/h5-7,9-13,16-18H,3-4,8,14-15H2,1-2H3,(H,26,27,28)/b13-12+. The topological polar surface area (TPSA) is 41.0 Å². The molecule has 30 heavy (non-hydrogen) atoms. The molecule has 4 rings (SSSR count). The third kappa shape index (κ3) is 4.86. The Balaban J connectivity index is 1.64. The van der Waals surface area contributed by atoms with Crippen molar-refractivity contribution in [3.8, 4) is 0 Å². The van der Waals surface area contributed by atoms with Crippen LogP contribution in [0.5, 0.6) is 0 Å². The van der Waals surface area contributed by atoms with Crippen LogP contribution in [0, 0.1) is 0 Å². The van der Waals surface area contributed by atoms with E-state index < -0.39 is 0 Å². The Morgan fingerprint density at radius 3 is 2.50 bits per heavy atom. The maximum atomic E-state index is 4.85. The van der Waals surface area contributed by atoms with Gasteiger partial charge in [0.1, 0.15) is 5.82 Å². The van der Waals surface area contributed by atoms with E-state index in [9.17, 15) is 0 Å². The molecule has 0 aliphatic rings. The van der Waals surface area contributed by atoms with Gasteiger partial charge in [0.15, 0.2) is 5.82 Å². The summed E-state index contributed by atoms with van der Waals surface area (Å²) in [7, 11) is 0. The average Bonchev–Trinajstić information content (AvgIpc) is 3.30. The molecule has 5 heteroatoms. The largest absolute Gasteiger partial charge is 0.369 e. The minimum Gasteiger partial charge on any atom is -0.369 e. The summed E-state index contributed by atoms with van der Waals surface area (Å²) < 4.78 is 0. The van der Waals surface area contributed by atoms with E-state index in [1.807, 2.05) is 6.08 Å². The maximum absolute atomic E-state index is 4.85. The van der Waals surface area contributed by atoms with Crippen molar-refractivity contribution in [2.45, 2.75) is 20.3 Å². The number of nitrogens with one attached hydrogen (secondary N) is 1. The normalized spacial score (nSPS) is 11.8. The van der Waals surface area contributed by atoms with Gasteiger partial charge in [0.2, 0.25) is 0 Å². The fourth-order valence-electron chi connectivity index (χ4n) is 3.63. The number of nitrogens with zero attached hydrogens (tertiary/aromatic N) is 3. The van der Waals surface area contributed by atoms with Crippen molar-refractivity contribution in [1.82, 2.24) is 14.9 Å². The molecule has 0 unspecified atom stereocenters. The van der Waals surface area contributed by atoms with Crippen LogP contribution in [0.15, 0.2) is 53.9 Å². The molecular formula is C25H28N4S. The molecule has 0 saturated carbocycles. The van der Waals surface area contributed by atoms with Crippen molar-refractivity contribution in [3.05, 3.63) is 64.6 Å². The van der Waals surface area contributed by atoms with Crippen LogP contribution < -0.4 is 5.32 Å². The number of anilines is 1. The third-order valence-corrected chi connectivity index (χ3v) is 6.20. The molecule has 0 aliphatic heterocycles. The molecule has 0 amide bonds. The summed E-state index contributed by atoms with van der Waals surface area (Å²) in [6.45, 7) is 8.60. The fourth-order valence-corrected chi connectivity index (χ4v) is 4.25. The SMILES string of the molecule is CCN(CC)CCCNc1nc(/C=C/c2cccs2)nc2cc3ccccc3cc12. The summed E-state index contributed by atoms with van der Waals surface area (Å²) in [6, 6.07) is 16.9. The Labute approximate surface area is 182 Å². The van der Waals surface area contributed by atoms with Crippen molar-refractivity contribution in [3.63, 3.8) is 0 Å². The smallest absolute Gasteiger partial charge is 0.155 e. The van der Waals surface area contributed by atoms with Crippen molar-refractivity contribution >= 4 is 51.0 Å². The molecule has 0 radical (unpaired) electrons. The predicted molar refractivity (Wildman–Crippen MR) is 131 cm³/mol. The number of benzene rings is 2. The lowest BCUT2D eigenvalue weighted by Gasteiger charge is -2.18. The quantitative estimate of drug-likeness (QED) is 0.262. The Morgan fingerprint density at radius 1 is 0.967 bits per heavy atom. The second-order valence-electron chi connectivity index (χ2n) is 7.30. The number of aromatic nitrogens is 2. The van der Waals surface area contributed by atoms with Crippen LogP contribution in [-0.2, 0) is 0 Å². The first-order chi connectivity index (χ1) is 14.8. The van der Waals surface area contributed by atoms with Crippen LogP contribution in [0.1, 0.15) is 31.0 Å². The number of hydrogen-bond acceptors (Lipinski definition) is 5. The molecule has 0 fully saturated rings. The molecule has 4 nitrogen and oxygen atoms in total. The molecule has 4 aromatic rings. The first-order valence-corrected chi connectivity index (χ1v) is 11.5. The fraction of sp³-hybridized carbons (Fsp3) is 0.280. The molecule has 2 aromatic heterocycles. The zero-order valence-electron chi connectivity index (χ0n) is 17.6. The summed E-state index contributed by atoms with van der Waals surface area (Å²) >= 11 is 1.71. The molecule has 0 saturated heterocycles. The predicted octanol–water partition coefficient (Wildman–Crippen LogP) is 6.16. The van der Waals surface area contributed by atoms with Gasteiger partial charge < -0.3 is 10.2 Å². The lowest BCUT2D eigenvalue weighted by Crippen LogP contribution is -2.25. The summed E-state index contributed by atoms with van der Waals surface area (Å²) in [6.07, 6.45) is 5.17. The van der Waals surface area contributed by atoms with Crippen LogP contribution in [0.25, 0.3) is 33.8 Å². The summed E-state index contributed by atoms with van der Waals surface area (Å²) in [4.78, 5) is 13.3. The Hall–Kier alpha value is -2.76. The molecule has 2 aromatic carbocycles. The molecule has 0 aliphatic carbocycles. The highest BCUT2D eigenvalue weighted by Gasteiger charge is 2.09. The third-order valence-electron chi connectivity index (χ3n) is 5.36.